The van der Waals surface area contributed by atoms with Crippen LogP contribution in [0.15, 0.2) is 34.3 Å². The molecule has 106 valence electrons. The maximum atomic E-state index is 13.5. The van der Waals surface area contributed by atoms with E-state index in [1.165, 1.54) is 12.1 Å². The number of nitrogens with zero attached hydrogens (tertiary/aromatic N) is 1. The van der Waals surface area contributed by atoms with Gasteiger partial charge in [0.05, 0.1) is 6.04 Å². The topological polar surface area (TPSA) is 105 Å². The zero-order chi connectivity index (χ0) is 14.5. The van der Waals surface area contributed by atoms with Gasteiger partial charge in [0.1, 0.15) is 10.7 Å². The molecule has 1 unspecified atom stereocenters. The van der Waals surface area contributed by atoms with Gasteiger partial charge in [-0.05, 0) is 18.6 Å². The molecule has 19 heavy (non-hydrogen) atoms. The minimum Gasteiger partial charge on any atom is -0.409 e. The van der Waals surface area contributed by atoms with Gasteiger partial charge in [-0.2, -0.15) is 0 Å². The molecule has 0 spiro atoms. The van der Waals surface area contributed by atoms with Gasteiger partial charge in [0.15, 0.2) is 5.84 Å². The highest BCUT2D eigenvalue weighted by atomic mass is 32.2. The average Bonchev–Trinajstić information content (AvgIpc) is 2.37. The summed E-state index contributed by atoms with van der Waals surface area (Å²) >= 11 is 0. The number of hydrogen-bond donors (Lipinski definition) is 3. The Morgan fingerprint density at radius 3 is 2.68 bits per heavy atom. The highest BCUT2D eigenvalue weighted by molar-refractivity contribution is 7.89. The van der Waals surface area contributed by atoms with Crippen molar-refractivity contribution in [2.24, 2.45) is 10.9 Å². The van der Waals surface area contributed by atoms with Crippen LogP contribution in [-0.2, 0) is 10.0 Å². The Morgan fingerprint density at radius 2 is 2.16 bits per heavy atom. The second-order valence-electron chi connectivity index (χ2n) is 3.92. The molecule has 0 fully saturated rings. The van der Waals surface area contributed by atoms with Crippen LogP contribution in [0.2, 0.25) is 0 Å². The molecule has 0 aliphatic heterocycles. The molecule has 8 heteroatoms. The van der Waals surface area contributed by atoms with E-state index in [-0.39, 0.29) is 5.84 Å². The lowest BCUT2D eigenvalue weighted by Gasteiger charge is -2.16. The van der Waals surface area contributed by atoms with E-state index in [1.54, 1.807) is 0 Å². The summed E-state index contributed by atoms with van der Waals surface area (Å²) in [7, 11) is -4.06. The van der Waals surface area contributed by atoms with E-state index in [0.717, 1.165) is 12.1 Å². The van der Waals surface area contributed by atoms with Crippen molar-refractivity contribution < 1.29 is 18.0 Å². The van der Waals surface area contributed by atoms with Crippen molar-refractivity contribution in [3.8, 4) is 0 Å². The molecule has 0 aliphatic carbocycles. The summed E-state index contributed by atoms with van der Waals surface area (Å²) in [6.07, 6.45) is 0.949. The van der Waals surface area contributed by atoms with Gasteiger partial charge >= 0.3 is 0 Å². The Labute approximate surface area is 111 Å². The van der Waals surface area contributed by atoms with Crippen LogP contribution in [0.5, 0.6) is 0 Å². The van der Waals surface area contributed by atoms with Crippen molar-refractivity contribution in [2.45, 2.75) is 30.7 Å². The Bertz CT molecular complexity index is 560. The van der Waals surface area contributed by atoms with Crippen LogP contribution >= 0.6 is 0 Å². The highest BCUT2D eigenvalue weighted by Crippen LogP contribution is 2.14. The van der Waals surface area contributed by atoms with Crippen LogP contribution < -0.4 is 10.5 Å². The first-order valence-corrected chi connectivity index (χ1v) is 7.15. The molecule has 0 amide bonds. The smallest absolute Gasteiger partial charge is 0.244 e. The molecule has 6 nitrogen and oxygen atoms in total. The molecular formula is C11H16FN3O3S. The lowest BCUT2D eigenvalue weighted by atomic mass is 10.2. The molecule has 0 saturated heterocycles. The summed E-state index contributed by atoms with van der Waals surface area (Å²) in [6, 6.07) is 4.12. The van der Waals surface area contributed by atoms with Crippen LogP contribution in [0.25, 0.3) is 0 Å². The van der Waals surface area contributed by atoms with Gasteiger partial charge in [-0.25, -0.2) is 17.5 Å². The molecule has 0 saturated carbocycles. The molecule has 0 bridgehead atoms. The second kappa shape index (κ2) is 6.48. The van der Waals surface area contributed by atoms with Crippen molar-refractivity contribution in [2.75, 3.05) is 0 Å². The summed E-state index contributed by atoms with van der Waals surface area (Å²) in [5.41, 5.74) is 5.41. The standard InChI is InChI=1S/C11H16FN3O3S/c1-2-5-9(11(13)14-16)15-19(17,18)10-7-4-3-6-8(10)12/h3-4,6-7,9,15-16H,2,5H2,1H3,(H2,13,14). The molecule has 1 rings (SSSR count). The first-order valence-electron chi connectivity index (χ1n) is 5.66. The molecular weight excluding hydrogens is 273 g/mol. The van der Waals surface area contributed by atoms with Gasteiger partial charge in [-0.15, -0.1) is 0 Å². The van der Waals surface area contributed by atoms with Gasteiger partial charge < -0.3 is 10.9 Å². The third-order valence-electron chi connectivity index (χ3n) is 2.47. The fraction of sp³-hybridized carbons (Fsp3) is 0.364. The van der Waals surface area contributed by atoms with Crippen molar-refractivity contribution in [1.82, 2.24) is 4.72 Å². The van der Waals surface area contributed by atoms with Crippen LogP contribution in [0.1, 0.15) is 19.8 Å². The third kappa shape index (κ3) is 3.90. The van der Waals surface area contributed by atoms with Crippen LogP contribution in [0, 0.1) is 5.82 Å². The average molecular weight is 289 g/mol. The van der Waals surface area contributed by atoms with Crippen molar-refractivity contribution in [3.63, 3.8) is 0 Å². The first-order chi connectivity index (χ1) is 8.92. The number of nitrogens with two attached hydrogens (primary N) is 1. The third-order valence-corrected chi connectivity index (χ3v) is 3.98. The predicted molar refractivity (Wildman–Crippen MR) is 68.8 cm³/mol. The molecule has 4 N–H and O–H groups in total. The summed E-state index contributed by atoms with van der Waals surface area (Å²) in [4.78, 5) is -0.471. The minimum atomic E-state index is -4.06. The van der Waals surface area contributed by atoms with Crippen molar-refractivity contribution in [1.29, 1.82) is 0 Å². The second-order valence-corrected chi connectivity index (χ2v) is 5.60. The number of benzene rings is 1. The zero-order valence-corrected chi connectivity index (χ0v) is 11.2. The SMILES string of the molecule is CCCC(NS(=O)(=O)c1ccccc1F)/C(N)=N/O. The molecule has 0 aromatic heterocycles. The number of oxime groups is 1. The quantitative estimate of drug-likeness (QED) is 0.315. The summed E-state index contributed by atoms with van der Waals surface area (Å²) < 4.78 is 39.7. The Kier molecular flexibility index (Phi) is 5.25. The fourth-order valence-corrected chi connectivity index (χ4v) is 2.86. The van der Waals surface area contributed by atoms with Gasteiger partial charge in [0.25, 0.3) is 0 Å². The molecule has 0 heterocycles. The number of halogens is 1. The fourth-order valence-electron chi connectivity index (χ4n) is 1.54. The van der Waals surface area contributed by atoms with E-state index in [9.17, 15) is 12.8 Å². The van der Waals surface area contributed by atoms with E-state index < -0.39 is 26.8 Å². The number of amidine groups is 1. The van der Waals surface area contributed by atoms with Crippen LogP contribution in [-0.4, -0.2) is 25.5 Å². The van der Waals surface area contributed by atoms with Crippen LogP contribution in [0.3, 0.4) is 0 Å². The van der Waals surface area contributed by atoms with E-state index in [0.29, 0.717) is 12.8 Å². The van der Waals surface area contributed by atoms with E-state index >= 15 is 0 Å². The number of nitrogens with one attached hydrogen (secondary N) is 1. The Morgan fingerprint density at radius 1 is 1.53 bits per heavy atom. The predicted octanol–water partition coefficient (Wildman–Crippen LogP) is 1.02. The van der Waals surface area contributed by atoms with Gasteiger partial charge in [0, 0.05) is 0 Å². The highest BCUT2D eigenvalue weighted by Gasteiger charge is 2.24. The van der Waals surface area contributed by atoms with Crippen LogP contribution in [0.4, 0.5) is 4.39 Å². The normalized spacial score (nSPS) is 14.3. The molecule has 1 aromatic carbocycles. The van der Waals surface area contributed by atoms with E-state index in [1.807, 2.05) is 6.92 Å². The maximum absolute atomic E-state index is 13.5. The maximum Gasteiger partial charge on any atom is 0.244 e. The lowest BCUT2D eigenvalue weighted by molar-refractivity contribution is 0.315. The van der Waals surface area contributed by atoms with E-state index in [2.05, 4.69) is 9.88 Å². The monoisotopic (exact) mass is 289 g/mol. The minimum absolute atomic E-state index is 0.262. The zero-order valence-electron chi connectivity index (χ0n) is 10.4. The molecule has 1 atom stereocenters. The summed E-state index contributed by atoms with van der Waals surface area (Å²) in [5.74, 6) is -1.12. The molecule has 1 aromatic rings. The number of hydrogen-bond acceptors (Lipinski definition) is 4. The van der Waals surface area contributed by atoms with Gasteiger partial charge in [-0.3, -0.25) is 0 Å². The van der Waals surface area contributed by atoms with E-state index in [4.69, 9.17) is 10.9 Å². The summed E-state index contributed by atoms with van der Waals surface area (Å²) in [6.45, 7) is 1.81. The number of sulfonamides is 1. The summed E-state index contributed by atoms with van der Waals surface area (Å²) in [5, 5.41) is 11.4. The molecule has 0 radical (unpaired) electrons. The first kappa shape index (κ1) is 15.4. The Balaban J connectivity index is 3.05. The lowest BCUT2D eigenvalue weighted by Crippen LogP contribution is -2.44. The number of rotatable bonds is 6. The largest absolute Gasteiger partial charge is 0.409 e. The molecule has 0 aliphatic rings. The van der Waals surface area contributed by atoms with Crippen molar-refractivity contribution >= 4 is 15.9 Å². The van der Waals surface area contributed by atoms with Crippen molar-refractivity contribution in [3.05, 3.63) is 30.1 Å². The van der Waals surface area contributed by atoms with Gasteiger partial charge in [0.2, 0.25) is 10.0 Å². The Hall–Kier alpha value is -1.67. The van der Waals surface area contributed by atoms with Gasteiger partial charge in [-0.1, -0.05) is 30.6 Å².